The number of nitrogens with two attached hydrogens (primary N) is 1. The second-order valence-electron chi connectivity index (χ2n) is 4.47. The molecule has 2 rings (SSSR count). The van der Waals surface area contributed by atoms with Gasteiger partial charge in [0.25, 0.3) is 10.0 Å². The van der Waals surface area contributed by atoms with E-state index >= 15 is 0 Å². The zero-order valence-electron chi connectivity index (χ0n) is 11.0. The van der Waals surface area contributed by atoms with Crippen LogP contribution in [0.4, 0.5) is 15.9 Å². The molecule has 0 aliphatic carbocycles. The fourth-order valence-corrected chi connectivity index (χ4v) is 2.87. The first kappa shape index (κ1) is 14.3. The van der Waals surface area contributed by atoms with Gasteiger partial charge in [0, 0.05) is 11.4 Å². The van der Waals surface area contributed by atoms with Crippen molar-refractivity contribution in [3.8, 4) is 0 Å². The van der Waals surface area contributed by atoms with E-state index in [9.17, 15) is 12.8 Å². The van der Waals surface area contributed by atoms with E-state index in [1.807, 2.05) is 13.0 Å². The van der Waals surface area contributed by atoms with Crippen LogP contribution >= 0.6 is 0 Å². The number of aromatic nitrogens is 1. The van der Waals surface area contributed by atoms with Crippen LogP contribution < -0.4 is 10.5 Å². The van der Waals surface area contributed by atoms with Crippen molar-refractivity contribution in [2.24, 2.45) is 0 Å². The number of hydrogen-bond donors (Lipinski definition) is 2. The van der Waals surface area contributed by atoms with Gasteiger partial charge in [0.15, 0.2) is 0 Å². The van der Waals surface area contributed by atoms with Crippen molar-refractivity contribution in [3.63, 3.8) is 0 Å². The number of aryl methyl sites for hydroxylation is 2. The summed E-state index contributed by atoms with van der Waals surface area (Å²) < 4.78 is 40.2. The summed E-state index contributed by atoms with van der Waals surface area (Å²) >= 11 is 0. The van der Waals surface area contributed by atoms with Crippen LogP contribution in [0.25, 0.3) is 0 Å². The number of nitrogen functional groups attached to an aromatic ring is 1. The standard InChI is InChI=1S/C13H14FN3O2S/c1-8-5-9(2)16-13(6-8)17-20(18,19)12-4-3-10(15)7-11(12)14/h3-7H,15H2,1-2H3,(H,16,17). The van der Waals surface area contributed by atoms with Gasteiger partial charge in [-0.2, -0.15) is 0 Å². The number of halogens is 1. The Kier molecular flexibility index (Phi) is 3.63. The fourth-order valence-electron chi connectivity index (χ4n) is 1.82. The predicted molar refractivity (Wildman–Crippen MR) is 75.3 cm³/mol. The van der Waals surface area contributed by atoms with Crippen LogP contribution in [0.15, 0.2) is 35.2 Å². The Morgan fingerprint density at radius 1 is 1.20 bits per heavy atom. The minimum absolute atomic E-state index is 0.152. The number of benzene rings is 1. The van der Waals surface area contributed by atoms with E-state index in [0.717, 1.165) is 17.7 Å². The Morgan fingerprint density at radius 2 is 1.90 bits per heavy atom. The third-order valence-corrected chi connectivity index (χ3v) is 3.97. The number of rotatable bonds is 3. The molecule has 0 fully saturated rings. The van der Waals surface area contributed by atoms with Crippen molar-refractivity contribution in [3.05, 3.63) is 47.4 Å². The molecule has 3 N–H and O–H groups in total. The maximum absolute atomic E-state index is 13.7. The van der Waals surface area contributed by atoms with Gasteiger partial charge < -0.3 is 5.73 Å². The van der Waals surface area contributed by atoms with E-state index in [1.165, 1.54) is 6.07 Å². The van der Waals surface area contributed by atoms with Crippen LogP contribution in [0.5, 0.6) is 0 Å². The Morgan fingerprint density at radius 3 is 2.50 bits per heavy atom. The number of nitrogens with one attached hydrogen (secondary N) is 1. The van der Waals surface area contributed by atoms with Crippen molar-refractivity contribution in [2.75, 3.05) is 10.5 Å². The molecule has 0 amide bonds. The van der Waals surface area contributed by atoms with E-state index in [-0.39, 0.29) is 11.5 Å². The van der Waals surface area contributed by atoms with Crippen molar-refractivity contribution in [1.29, 1.82) is 0 Å². The largest absolute Gasteiger partial charge is 0.399 e. The molecule has 0 saturated carbocycles. The normalized spacial score (nSPS) is 11.3. The molecule has 0 bridgehead atoms. The molecule has 1 aromatic carbocycles. The SMILES string of the molecule is Cc1cc(C)nc(NS(=O)(=O)c2ccc(N)cc2F)c1. The molecule has 0 unspecified atom stereocenters. The molecule has 0 radical (unpaired) electrons. The average molecular weight is 295 g/mol. The lowest BCUT2D eigenvalue weighted by atomic mass is 10.2. The number of sulfonamides is 1. The van der Waals surface area contributed by atoms with Crippen molar-refractivity contribution in [2.45, 2.75) is 18.7 Å². The van der Waals surface area contributed by atoms with Crippen molar-refractivity contribution >= 4 is 21.5 Å². The molecule has 1 heterocycles. The highest BCUT2D eigenvalue weighted by Gasteiger charge is 2.19. The number of pyridine rings is 1. The number of anilines is 2. The molecule has 1 aromatic heterocycles. The van der Waals surface area contributed by atoms with Crippen LogP contribution in [0.1, 0.15) is 11.3 Å². The molecular weight excluding hydrogens is 281 g/mol. The summed E-state index contributed by atoms with van der Waals surface area (Å²) in [6.45, 7) is 3.56. The van der Waals surface area contributed by atoms with Crippen LogP contribution in [0.2, 0.25) is 0 Å². The van der Waals surface area contributed by atoms with E-state index in [2.05, 4.69) is 9.71 Å². The van der Waals surface area contributed by atoms with Crippen molar-refractivity contribution < 1.29 is 12.8 Å². The van der Waals surface area contributed by atoms with Crippen LogP contribution in [-0.4, -0.2) is 13.4 Å². The Labute approximate surface area is 116 Å². The predicted octanol–water partition coefficient (Wildman–Crippen LogP) is 2.22. The molecular formula is C13H14FN3O2S. The second kappa shape index (κ2) is 5.09. The molecule has 7 heteroatoms. The van der Waals surface area contributed by atoms with Gasteiger partial charge in [0.05, 0.1) is 0 Å². The minimum Gasteiger partial charge on any atom is -0.399 e. The first-order valence-electron chi connectivity index (χ1n) is 5.81. The average Bonchev–Trinajstić information content (AvgIpc) is 2.25. The molecule has 0 aliphatic rings. The van der Waals surface area contributed by atoms with Gasteiger partial charge in [-0.3, -0.25) is 4.72 Å². The Balaban J connectivity index is 2.40. The van der Waals surface area contributed by atoms with Gasteiger partial charge in [-0.15, -0.1) is 0 Å². The molecule has 106 valence electrons. The van der Waals surface area contributed by atoms with E-state index in [0.29, 0.717) is 5.69 Å². The summed E-state index contributed by atoms with van der Waals surface area (Å²) in [6.07, 6.45) is 0. The topological polar surface area (TPSA) is 85.1 Å². The highest BCUT2D eigenvalue weighted by molar-refractivity contribution is 7.92. The van der Waals surface area contributed by atoms with Gasteiger partial charge in [-0.1, -0.05) is 0 Å². The zero-order chi connectivity index (χ0) is 14.9. The van der Waals surface area contributed by atoms with Crippen LogP contribution in [0, 0.1) is 19.7 Å². The maximum Gasteiger partial charge on any atom is 0.265 e. The first-order chi connectivity index (χ1) is 9.28. The van der Waals surface area contributed by atoms with Gasteiger partial charge in [0.2, 0.25) is 0 Å². The van der Waals surface area contributed by atoms with Crippen LogP contribution in [-0.2, 0) is 10.0 Å². The summed E-state index contributed by atoms with van der Waals surface area (Å²) in [5, 5.41) is 0. The quantitative estimate of drug-likeness (QED) is 0.850. The van der Waals surface area contributed by atoms with Gasteiger partial charge in [-0.25, -0.2) is 17.8 Å². The molecule has 0 saturated heterocycles. The Bertz CT molecular complexity index is 740. The molecule has 2 aromatic rings. The lowest BCUT2D eigenvalue weighted by Gasteiger charge is -2.10. The number of hydrogen-bond acceptors (Lipinski definition) is 4. The fraction of sp³-hybridized carbons (Fsp3) is 0.154. The monoisotopic (exact) mass is 295 g/mol. The lowest BCUT2D eigenvalue weighted by Crippen LogP contribution is -2.16. The van der Waals surface area contributed by atoms with Gasteiger partial charge in [-0.05, 0) is 49.7 Å². The second-order valence-corrected chi connectivity index (χ2v) is 6.12. The van der Waals surface area contributed by atoms with E-state index < -0.39 is 20.7 Å². The molecule has 0 aliphatic heterocycles. The summed E-state index contributed by atoms with van der Waals surface area (Å²) in [7, 11) is -4.04. The molecule has 0 spiro atoms. The van der Waals surface area contributed by atoms with Gasteiger partial charge in [0.1, 0.15) is 16.5 Å². The third-order valence-electron chi connectivity index (χ3n) is 2.58. The highest BCUT2D eigenvalue weighted by Crippen LogP contribution is 2.20. The Hall–Kier alpha value is -2.15. The third kappa shape index (κ3) is 3.05. The summed E-state index contributed by atoms with van der Waals surface area (Å²) in [5.74, 6) is -0.749. The smallest absolute Gasteiger partial charge is 0.265 e. The highest BCUT2D eigenvalue weighted by atomic mass is 32.2. The lowest BCUT2D eigenvalue weighted by molar-refractivity contribution is 0.570. The number of nitrogens with zero attached hydrogens (tertiary/aromatic N) is 1. The zero-order valence-corrected chi connectivity index (χ0v) is 11.8. The van der Waals surface area contributed by atoms with Crippen LogP contribution in [0.3, 0.4) is 0 Å². The van der Waals surface area contributed by atoms with Crippen molar-refractivity contribution in [1.82, 2.24) is 4.98 Å². The summed E-state index contributed by atoms with van der Waals surface area (Å²) in [6, 6.07) is 6.78. The summed E-state index contributed by atoms with van der Waals surface area (Å²) in [4.78, 5) is 3.59. The molecule has 0 atom stereocenters. The minimum atomic E-state index is -4.04. The molecule has 5 nitrogen and oxygen atoms in total. The van der Waals surface area contributed by atoms with Gasteiger partial charge >= 0.3 is 0 Å². The molecule has 20 heavy (non-hydrogen) atoms. The first-order valence-corrected chi connectivity index (χ1v) is 7.29. The summed E-state index contributed by atoms with van der Waals surface area (Å²) in [5.41, 5.74) is 7.08. The van der Waals surface area contributed by atoms with E-state index in [4.69, 9.17) is 5.73 Å². The van der Waals surface area contributed by atoms with E-state index in [1.54, 1.807) is 13.0 Å². The maximum atomic E-state index is 13.7.